The van der Waals surface area contributed by atoms with Gasteiger partial charge in [-0.05, 0) is 22.0 Å². The number of amides is 1. The van der Waals surface area contributed by atoms with Crippen LogP contribution in [0.3, 0.4) is 0 Å². The molecule has 0 aliphatic rings. The Morgan fingerprint density at radius 1 is 1.33 bits per heavy atom. The molecule has 0 saturated carbocycles. The maximum absolute atomic E-state index is 12.0. The number of carbonyl (C=O) groups excluding carboxylic acids is 1. The first-order valence-electron chi connectivity index (χ1n) is 6.75. The van der Waals surface area contributed by atoms with Gasteiger partial charge in [-0.15, -0.1) is 22.7 Å². The average molecular weight is 426 g/mol. The number of rotatable bonds is 6. The maximum atomic E-state index is 12.0. The molecule has 0 fully saturated rings. The zero-order chi connectivity index (χ0) is 16.9. The summed E-state index contributed by atoms with van der Waals surface area (Å²) in [6, 6.07) is 3.63. The molecule has 0 radical (unpaired) electrons. The standard InChI is InChI=1S/C14H12BrN5O2S2/c1-22-12-2-3-16-14(18-12)20-19-11(21)5-9-7-24-13(17-9)10-4-8(15)6-23-10/h2-4,6-7H,5H2,1H3,(H,19,21)(H,16,18,20). The lowest BCUT2D eigenvalue weighted by Gasteiger charge is -2.06. The normalized spacial score (nSPS) is 10.4. The van der Waals surface area contributed by atoms with Gasteiger partial charge in [-0.3, -0.25) is 15.6 Å². The number of anilines is 1. The highest BCUT2D eigenvalue weighted by molar-refractivity contribution is 9.10. The van der Waals surface area contributed by atoms with Gasteiger partial charge < -0.3 is 4.74 Å². The van der Waals surface area contributed by atoms with E-state index in [-0.39, 0.29) is 18.3 Å². The minimum absolute atomic E-state index is 0.167. The van der Waals surface area contributed by atoms with Crippen molar-refractivity contribution in [2.75, 3.05) is 12.5 Å². The Hall–Kier alpha value is -2.04. The van der Waals surface area contributed by atoms with E-state index in [4.69, 9.17) is 4.74 Å². The number of hydrazine groups is 1. The zero-order valence-electron chi connectivity index (χ0n) is 12.4. The maximum Gasteiger partial charge on any atom is 0.245 e. The van der Waals surface area contributed by atoms with Gasteiger partial charge in [0.25, 0.3) is 0 Å². The van der Waals surface area contributed by atoms with E-state index in [9.17, 15) is 4.79 Å². The Bertz CT molecular complexity index is 851. The van der Waals surface area contributed by atoms with Crippen molar-refractivity contribution in [3.63, 3.8) is 0 Å². The summed E-state index contributed by atoms with van der Waals surface area (Å²) < 4.78 is 6.02. The molecule has 3 heterocycles. The minimum Gasteiger partial charge on any atom is -0.481 e. The van der Waals surface area contributed by atoms with Crippen LogP contribution in [0.2, 0.25) is 0 Å². The van der Waals surface area contributed by atoms with E-state index >= 15 is 0 Å². The molecule has 0 saturated heterocycles. The highest BCUT2D eigenvalue weighted by Crippen LogP contribution is 2.32. The quantitative estimate of drug-likeness (QED) is 0.589. The van der Waals surface area contributed by atoms with Crippen molar-refractivity contribution in [3.05, 3.63) is 39.3 Å². The molecular formula is C14H12BrN5O2S2. The molecule has 3 rings (SSSR count). The fraction of sp³-hybridized carbons (Fsp3) is 0.143. The van der Waals surface area contributed by atoms with Crippen LogP contribution in [0, 0.1) is 0 Å². The summed E-state index contributed by atoms with van der Waals surface area (Å²) in [4.78, 5) is 25.6. The molecule has 0 bridgehead atoms. The van der Waals surface area contributed by atoms with Gasteiger partial charge in [-0.1, -0.05) is 0 Å². The minimum atomic E-state index is -0.231. The number of aromatic nitrogens is 3. The van der Waals surface area contributed by atoms with Crippen molar-refractivity contribution < 1.29 is 9.53 Å². The number of hydrogen-bond acceptors (Lipinski definition) is 8. The van der Waals surface area contributed by atoms with E-state index in [0.717, 1.165) is 14.4 Å². The van der Waals surface area contributed by atoms with Crippen LogP contribution in [-0.2, 0) is 11.2 Å². The molecule has 0 unspecified atom stereocenters. The molecule has 2 N–H and O–H groups in total. The molecule has 10 heteroatoms. The van der Waals surface area contributed by atoms with Gasteiger partial charge in [0.05, 0.1) is 24.1 Å². The van der Waals surface area contributed by atoms with Gasteiger partial charge in [0.2, 0.25) is 17.7 Å². The fourth-order valence-corrected chi connectivity index (χ4v) is 4.10. The lowest BCUT2D eigenvalue weighted by Crippen LogP contribution is -2.31. The Morgan fingerprint density at radius 3 is 2.96 bits per heavy atom. The molecule has 0 aliphatic carbocycles. The third-order valence-electron chi connectivity index (χ3n) is 2.82. The van der Waals surface area contributed by atoms with Crippen LogP contribution in [0.5, 0.6) is 5.88 Å². The summed E-state index contributed by atoms with van der Waals surface area (Å²) in [7, 11) is 1.51. The lowest BCUT2D eigenvalue weighted by molar-refractivity contribution is -0.120. The van der Waals surface area contributed by atoms with Gasteiger partial charge in [0.15, 0.2) is 0 Å². The predicted molar refractivity (Wildman–Crippen MR) is 97.2 cm³/mol. The zero-order valence-corrected chi connectivity index (χ0v) is 15.7. The van der Waals surface area contributed by atoms with Crippen molar-refractivity contribution >= 4 is 50.5 Å². The second-order valence-corrected chi connectivity index (χ2v) is 7.23. The smallest absolute Gasteiger partial charge is 0.245 e. The topological polar surface area (TPSA) is 89.0 Å². The molecule has 3 aromatic heterocycles. The Kier molecular flexibility index (Phi) is 5.38. The summed E-state index contributed by atoms with van der Waals surface area (Å²) in [6.07, 6.45) is 1.70. The van der Waals surface area contributed by atoms with Crippen LogP contribution in [0.25, 0.3) is 9.88 Å². The first-order chi connectivity index (χ1) is 11.6. The SMILES string of the molecule is COc1ccnc(NNC(=O)Cc2csc(-c3cc(Br)cs3)n2)n1. The summed E-state index contributed by atoms with van der Waals surface area (Å²) in [5.74, 6) is 0.434. The molecule has 1 amide bonds. The van der Waals surface area contributed by atoms with Crippen molar-refractivity contribution in [1.29, 1.82) is 0 Å². The molecule has 0 spiro atoms. The van der Waals surface area contributed by atoms with E-state index in [1.807, 2.05) is 16.8 Å². The number of ether oxygens (including phenoxy) is 1. The van der Waals surface area contributed by atoms with Crippen molar-refractivity contribution in [1.82, 2.24) is 20.4 Å². The molecular weight excluding hydrogens is 414 g/mol. The second-order valence-electron chi connectivity index (χ2n) is 4.55. The van der Waals surface area contributed by atoms with Crippen LogP contribution in [0.4, 0.5) is 5.95 Å². The molecule has 124 valence electrons. The highest BCUT2D eigenvalue weighted by Gasteiger charge is 2.11. The molecule has 0 aromatic carbocycles. The van der Waals surface area contributed by atoms with Crippen molar-refractivity contribution in [3.8, 4) is 15.8 Å². The lowest BCUT2D eigenvalue weighted by atomic mass is 10.3. The summed E-state index contributed by atoms with van der Waals surface area (Å²) >= 11 is 6.54. The first kappa shape index (κ1) is 16.8. The fourth-order valence-electron chi connectivity index (χ4n) is 1.78. The number of nitrogens with one attached hydrogen (secondary N) is 2. The number of hydrogen-bond donors (Lipinski definition) is 2. The highest BCUT2D eigenvalue weighted by atomic mass is 79.9. The van der Waals surface area contributed by atoms with E-state index in [1.165, 1.54) is 24.6 Å². The Morgan fingerprint density at radius 2 is 2.21 bits per heavy atom. The van der Waals surface area contributed by atoms with Gasteiger partial charge in [0, 0.05) is 27.5 Å². The monoisotopic (exact) mass is 425 g/mol. The summed E-state index contributed by atoms with van der Waals surface area (Å²) in [5, 5.41) is 4.78. The number of thiazole rings is 1. The van der Waals surface area contributed by atoms with E-state index in [1.54, 1.807) is 17.4 Å². The molecule has 24 heavy (non-hydrogen) atoms. The summed E-state index contributed by atoms with van der Waals surface area (Å²) in [5.41, 5.74) is 5.91. The van der Waals surface area contributed by atoms with Crippen LogP contribution < -0.4 is 15.6 Å². The second kappa shape index (κ2) is 7.69. The van der Waals surface area contributed by atoms with E-state index in [2.05, 4.69) is 41.7 Å². The van der Waals surface area contributed by atoms with Gasteiger partial charge in [0.1, 0.15) is 5.01 Å². The number of carbonyl (C=O) groups is 1. The molecule has 7 nitrogen and oxygen atoms in total. The molecule has 3 aromatic rings. The van der Waals surface area contributed by atoms with Crippen LogP contribution in [0.1, 0.15) is 5.69 Å². The largest absolute Gasteiger partial charge is 0.481 e. The van der Waals surface area contributed by atoms with E-state index < -0.39 is 0 Å². The molecule has 0 aliphatic heterocycles. The predicted octanol–water partition coefficient (Wildman–Crippen LogP) is 3.12. The van der Waals surface area contributed by atoms with Gasteiger partial charge in [-0.25, -0.2) is 9.97 Å². The van der Waals surface area contributed by atoms with Crippen LogP contribution in [-0.4, -0.2) is 28.0 Å². The van der Waals surface area contributed by atoms with Gasteiger partial charge in [-0.2, -0.15) is 4.98 Å². The average Bonchev–Trinajstić information content (AvgIpc) is 3.22. The van der Waals surface area contributed by atoms with Crippen molar-refractivity contribution in [2.24, 2.45) is 0 Å². The third-order valence-corrected chi connectivity index (χ3v) is 5.58. The Balaban J connectivity index is 1.56. The van der Waals surface area contributed by atoms with Crippen molar-refractivity contribution in [2.45, 2.75) is 6.42 Å². The first-order valence-corrected chi connectivity index (χ1v) is 9.30. The number of methoxy groups -OCH3 is 1. The number of halogens is 1. The van der Waals surface area contributed by atoms with E-state index in [0.29, 0.717) is 11.6 Å². The van der Waals surface area contributed by atoms with Crippen LogP contribution >= 0.6 is 38.6 Å². The summed E-state index contributed by atoms with van der Waals surface area (Å²) in [6.45, 7) is 0. The third kappa shape index (κ3) is 4.28. The van der Waals surface area contributed by atoms with Gasteiger partial charge >= 0.3 is 0 Å². The molecule has 0 atom stereocenters. The number of nitrogens with zero attached hydrogens (tertiary/aromatic N) is 3. The number of thiophene rings is 1. The Labute approximate surface area is 154 Å². The van der Waals surface area contributed by atoms with Crippen LogP contribution in [0.15, 0.2) is 33.6 Å².